The van der Waals surface area contributed by atoms with E-state index in [2.05, 4.69) is 9.97 Å². The molecule has 3 rings (SSSR count). The Bertz CT molecular complexity index is 621. The Labute approximate surface area is 103 Å². The zero-order valence-corrected chi connectivity index (χ0v) is 9.75. The van der Waals surface area contributed by atoms with Crippen molar-refractivity contribution in [2.45, 2.75) is 13.0 Å². The number of fused-ring (bicyclic) bond motifs is 1. The quantitative estimate of drug-likeness (QED) is 0.811. The van der Waals surface area contributed by atoms with Crippen molar-refractivity contribution in [3.8, 4) is 0 Å². The molecule has 1 N–H and O–H groups in total. The van der Waals surface area contributed by atoms with Crippen LogP contribution in [0.3, 0.4) is 0 Å². The fourth-order valence-corrected chi connectivity index (χ4v) is 2.09. The van der Waals surface area contributed by atoms with E-state index in [9.17, 15) is 9.59 Å². The van der Waals surface area contributed by atoms with Gasteiger partial charge in [-0.05, 0) is 19.1 Å². The van der Waals surface area contributed by atoms with Crippen LogP contribution in [0.4, 0.5) is 0 Å². The first-order chi connectivity index (χ1) is 8.66. The zero-order chi connectivity index (χ0) is 12.7. The summed E-state index contributed by atoms with van der Waals surface area (Å²) in [5.74, 6) is 0.0162. The molecule has 0 radical (unpaired) electrons. The summed E-state index contributed by atoms with van der Waals surface area (Å²) < 4.78 is 0. The Morgan fingerprint density at radius 1 is 1.17 bits per heavy atom. The van der Waals surface area contributed by atoms with Crippen molar-refractivity contribution in [1.29, 1.82) is 0 Å². The van der Waals surface area contributed by atoms with Crippen LogP contribution in [0.25, 0.3) is 11.0 Å². The largest absolute Gasteiger partial charge is 0.340 e. The number of nitrogens with one attached hydrogen (secondary N) is 1. The van der Waals surface area contributed by atoms with E-state index in [1.165, 1.54) is 17.1 Å². The zero-order valence-electron chi connectivity index (χ0n) is 9.75. The predicted molar refractivity (Wildman–Crippen MR) is 65.5 cm³/mol. The average Bonchev–Trinajstić information content (AvgIpc) is 2.92. The number of hydrogen-bond donors (Lipinski definition) is 1. The van der Waals surface area contributed by atoms with E-state index in [-0.39, 0.29) is 11.8 Å². The third-order valence-corrected chi connectivity index (χ3v) is 3.03. The number of imide groups is 1. The van der Waals surface area contributed by atoms with Crippen molar-refractivity contribution in [2.75, 3.05) is 0 Å². The maximum atomic E-state index is 11.6. The van der Waals surface area contributed by atoms with Gasteiger partial charge in [-0.3, -0.25) is 14.5 Å². The van der Waals surface area contributed by atoms with Gasteiger partial charge < -0.3 is 4.98 Å². The monoisotopic (exact) mass is 241 g/mol. The summed E-state index contributed by atoms with van der Waals surface area (Å²) in [4.78, 5) is 31.9. The van der Waals surface area contributed by atoms with Gasteiger partial charge in [0, 0.05) is 12.2 Å². The van der Waals surface area contributed by atoms with Crippen molar-refractivity contribution in [1.82, 2.24) is 14.9 Å². The fourth-order valence-electron chi connectivity index (χ4n) is 2.09. The van der Waals surface area contributed by atoms with Gasteiger partial charge in [0.1, 0.15) is 5.82 Å². The predicted octanol–water partition coefficient (Wildman–Crippen LogP) is 1.55. The lowest BCUT2D eigenvalue weighted by Crippen LogP contribution is -2.33. The van der Waals surface area contributed by atoms with E-state index in [0.29, 0.717) is 5.82 Å². The van der Waals surface area contributed by atoms with E-state index in [4.69, 9.17) is 0 Å². The summed E-state index contributed by atoms with van der Waals surface area (Å²) in [6.07, 6.45) is 2.56. The third-order valence-electron chi connectivity index (χ3n) is 3.03. The van der Waals surface area contributed by atoms with Crippen LogP contribution in [0.1, 0.15) is 18.8 Å². The normalized spacial score (nSPS) is 16.8. The number of rotatable bonds is 2. The smallest absolute Gasteiger partial charge is 0.254 e. The number of para-hydroxylation sites is 2. The highest BCUT2D eigenvalue weighted by Gasteiger charge is 2.30. The highest BCUT2D eigenvalue weighted by atomic mass is 16.2. The standard InChI is InChI=1S/C13H11N3O2/c1-8(16-11(17)6-7-12(16)18)13-14-9-4-2-3-5-10(9)15-13/h2-8H,1H3,(H,14,15). The summed E-state index contributed by atoms with van der Waals surface area (Å²) >= 11 is 0. The first-order valence-electron chi connectivity index (χ1n) is 5.66. The fraction of sp³-hybridized carbons (Fsp3) is 0.154. The van der Waals surface area contributed by atoms with Crippen LogP contribution in [0.15, 0.2) is 36.4 Å². The summed E-state index contributed by atoms with van der Waals surface area (Å²) in [5, 5.41) is 0. The molecule has 5 nitrogen and oxygen atoms in total. The van der Waals surface area contributed by atoms with Crippen molar-refractivity contribution >= 4 is 22.8 Å². The molecule has 0 aliphatic carbocycles. The molecule has 1 aromatic carbocycles. The topological polar surface area (TPSA) is 66.1 Å². The van der Waals surface area contributed by atoms with E-state index < -0.39 is 6.04 Å². The number of imidazole rings is 1. The Kier molecular flexibility index (Phi) is 2.26. The van der Waals surface area contributed by atoms with Crippen LogP contribution in [-0.2, 0) is 9.59 Å². The molecule has 1 unspecified atom stereocenters. The molecule has 0 fully saturated rings. The van der Waals surface area contributed by atoms with Crippen LogP contribution in [-0.4, -0.2) is 26.7 Å². The first-order valence-corrected chi connectivity index (χ1v) is 5.66. The lowest BCUT2D eigenvalue weighted by atomic mass is 10.3. The van der Waals surface area contributed by atoms with Crippen LogP contribution in [0, 0.1) is 0 Å². The third kappa shape index (κ3) is 1.52. The van der Waals surface area contributed by atoms with Gasteiger partial charge in [0.25, 0.3) is 11.8 Å². The molecule has 90 valence electrons. The van der Waals surface area contributed by atoms with Crippen LogP contribution in [0.2, 0.25) is 0 Å². The molecule has 2 aromatic rings. The molecule has 5 heteroatoms. The average molecular weight is 241 g/mol. The number of carbonyl (C=O) groups is 2. The van der Waals surface area contributed by atoms with E-state index >= 15 is 0 Å². The lowest BCUT2D eigenvalue weighted by molar-refractivity contribution is -0.139. The number of aromatic amines is 1. The number of H-pyrrole nitrogens is 1. The first kappa shape index (κ1) is 10.7. The van der Waals surface area contributed by atoms with Gasteiger partial charge in [-0.1, -0.05) is 12.1 Å². The summed E-state index contributed by atoms with van der Waals surface area (Å²) in [7, 11) is 0. The minimum absolute atomic E-state index is 0.298. The Balaban J connectivity index is 1.99. The number of aromatic nitrogens is 2. The Morgan fingerprint density at radius 2 is 1.83 bits per heavy atom. The van der Waals surface area contributed by atoms with Crippen molar-refractivity contribution in [3.05, 3.63) is 42.2 Å². The van der Waals surface area contributed by atoms with Gasteiger partial charge >= 0.3 is 0 Å². The second-order valence-electron chi connectivity index (χ2n) is 4.19. The second-order valence-corrected chi connectivity index (χ2v) is 4.19. The molecule has 1 aliphatic rings. The van der Waals surface area contributed by atoms with Crippen molar-refractivity contribution < 1.29 is 9.59 Å². The molecular formula is C13H11N3O2. The van der Waals surface area contributed by atoms with Crippen LogP contribution >= 0.6 is 0 Å². The van der Waals surface area contributed by atoms with Gasteiger partial charge in [-0.15, -0.1) is 0 Å². The van der Waals surface area contributed by atoms with Crippen LogP contribution in [0.5, 0.6) is 0 Å². The molecule has 1 aromatic heterocycles. The van der Waals surface area contributed by atoms with Crippen LogP contribution < -0.4 is 0 Å². The summed E-state index contributed by atoms with van der Waals surface area (Å²) in [6.45, 7) is 1.78. The number of carbonyl (C=O) groups excluding carboxylic acids is 2. The summed E-state index contributed by atoms with van der Waals surface area (Å²) in [6, 6.07) is 7.19. The Morgan fingerprint density at radius 3 is 2.50 bits per heavy atom. The van der Waals surface area contributed by atoms with E-state index in [0.717, 1.165) is 11.0 Å². The number of nitrogens with zero attached hydrogens (tertiary/aromatic N) is 2. The number of hydrogen-bond acceptors (Lipinski definition) is 3. The highest BCUT2D eigenvalue weighted by Crippen LogP contribution is 2.23. The molecule has 2 amide bonds. The summed E-state index contributed by atoms with van der Waals surface area (Å²) in [5.41, 5.74) is 1.72. The van der Waals surface area contributed by atoms with Gasteiger partial charge in [0.05, 0.1) is 17.1 Å². The molecular weight excluding hydrogens is 230 g/mol. The molecule has 0 spiro atoms. The minimum Gasteiger partial charge on any atom is -0.340 e. The molecule has 0 bridgehead atoms. The second kappa shape index (κ2) is 3.80. The molecule has 0 saturated heterocycles. The lowest BCUT2D eigenvalue weighted by Gasteiger charge is -2.20. The molecule has 18 heavy (non-hydrogen) atoms. The van der Waals surface area contributed by atoms with E-state index in [1.54, 1.807) is 6.92 Å². The number of benzene rings is 1. The highest BCUT2D eigenvalue weighted by molar-refractivity contribution is 6.13. The van der Waals surface area contributed by atoms with Crippen molar-refractivity contribution in [2.24, 2.45) is 0 Å². The molecule has 2 heterocycles. The van der Waals surface area contributed by atoms with E-state index in [1.807, 2.05) is 24.3 Å². The maximum Gasteiger partial charge on any atom is 0.254 e. The van der Waals surface area contributed by atoms with Gasteiger partial charge in [-0.25, -0.2) is 4.98 Å². The minimum atomic E-state index is -0.396. The molecule has 0 saturated carbocycles. The number of amides is 2. The van der Waals surface area contributed by atoms with Gasteiger partial charge in [0.15, 0.2) is 0 Å². The van der Waals surface area contributed by atoms with Gasteiger partial charge in [-0.2, -0.15) is 0 Å². The maximum absolute atomic E-state index is 11.6. The Hall–Kier alpha value is -2.43. The molecule has 1 aliphatic heterocycles. The SMILES string of the molecule is CC(c1nc2ccccc2[nH]1)N1C(=O)C=CC1=O. The van der Waals surface area contributed by atoms with Crippen molar-refractivity contribution in [3.63, 3.8) is 0 Å². The molecule has 1 atom stereocenters. The van der Waals surface area contributed by atoms with Gasteiger partial charge in [0.2, 0.25) is 0 Å².